The third kappa shape index (κ3) is 4.52. The van der Waals surface area contributed by atoms with E-state index in [1.165, 1.54) is 11.4 Å². The number of benzene rings is 2. The molecule has 1 heterocycles. The molecule has 1 saturated heterocycles. The Morgan fingerprint density at radius 1 is 1.00 bits per heavy atom. The van der Waals surface area contributed by atoms with Crippen molar-refractivity contribution < 1.29 is 22.7 Å². The molecule has 0 saturated carbocycles. The van der Waals surface area contributed by atoms with Crippen LogP contribution in [-0.4, -0.2) is 64.0 Å². The molecule has 7 nitrogen and oxygen atoms in total. The lowest BCUT2D eigenvalue weighted by Crippen LogP contribution is -2.48. The molecule has 2 aromatic rings. The monoisotopic (exact) mass is 404 g/mol. The van der Waals surface area contributed by atoms with Gasteiger partial charge in [-0.15, -0.1) is 0 Å². The van der Waals surface area contributed by atoms with Crippen molar-refractivity contribution in [3.05, 3.63) is 59.7 Å². The molecule has 3 rings (SSSR count). The predicted molar refractivity (Wildman–Crippen MR) is 105 cm³/mol. The summed E-state index contributed by atoms with van der Waals surface area (Å²) in [5, 5.41) is 0. The Morgan fingerprint density at radius 2 is 1.68 bits per heavy atom. The summed E-state index contributed by atoms with van der Waals surface area (Å²) in [6, 6.07) is 13.7. The van der Waals surface area contributed by atoms with Crippen molar-refractivity contribution in [1.82, 2.24) is 9.21 Å². The maximum Gasteiger partial charge on any atom is 0.337 e. The van der Waals surface area contributed by atoms with E-state index in [1.54, 1.807) is 37.4 Å². The summed E-state index contributed by atoms with van der Waals surface area (Å²) in [6.07, 6.45) is 0. The highest BCUT2D eigenvalue weighted by atomic mass is 32.2. The van der Waals surface area contributed by atoms with Gasteiger partial charge in [-0.25, -0.2) is 13.2 Å². The number of piperazine rings is 1. The number of nitrogens with zero attached hydrogens (tertiary/aromatic N) is 2. The van der Waals surface area contributed by atoms with E-state index in [0.29, 0.717) is 44.0 Å². The van der Waals surface area contributed by atoms with Crippen molar-refractivity contribution >= 4 is 16.0 Å². The van der Waals surface area contributed by atoms with Gasteiger partial charge < -0.3 is 9.47 Å². The summed E-state index contributed by atoms with van der Waals surface area (Å²) in [5.74, 6) is 0.259. The van der Waals surface area contributed by atoms with E-state index in [2.05, 4.69) is 4.90 Å². The van der Waals surface area contributed by atoms with E-state index in [9.17, 15) is 13.2 Å². The van der Waals surface area contributed by atoms with Crippen LogP contribution in [0.2, 0.25) is 0 Å². The van der Waals surface area contributed by atoms with E-state index >= 15 is 0 Å². The molecule has 0 amide bonds. The van der Waals surface area contributed by atoms with Gasteiger partial charge in [-0.05, 0) is 42.0 Å². The van der Waals surface area contributed by atoms with E-state index in [1.807, 2.05) is 18.2 Å². The van der Waals surface area contributed by atoms with Crippen LogP contribution in [0.4, 0.5) is 0 Å². The molecule has 0 bridgehead atoms. The molecule has 8 heteroatoms. The van der Waals surface area contributed by atoms with E-state index < -0.39 is 10.0 Å². The molecule has 28 heavy (non-hydrogen) atoms. The number of ether oxygens (including phenoxy) is 2. The van der Waals surface area contributed by atoms with Crippen LogP contribution < -0.4 is 4.74 Å². The molecule has 2 aromatic carbocycles. The second-order valence-corrected chi connectivity index (χ2v) is 8.49. The fourth-order valence-corrected chi connectivity index (χ4v) is 4.62. The lowest BCUT2D eigenvalue weighted by atomic mass is 10.1. The largest absolute Gasteiger partial charge is 0.497 e. The van der Waals surface area contributed by atoms with Crippen LogP contribution in [0.5, 0.6) is 5.75 Å². The molecule has 0 aliphatic carbocycles. The van der Waals surface area contributed by atoms with Crippen molar-refractivity contribution in [2.45, 2.75) is 11.4 Å². The fraction of sp³-hybridized carbons (Fsp3) is 0.350. The molecule has 0 spiro atoms. The summed E-state index contributed by atoms with van der Waals surface area (Å²) < 4.78 is 37.0. The van der Waals surface area contributed by atoms with Crippen LogP contribution in [0.1, 0.15) is 15.9 Å². The highest BCUT2D eigenvalue weighted by Crippen LogP contribution is 2.21. The van der Waals surface area contributed by atoms with Crippen molar-refractivity contribution in [2.75, 3.05) is 40.4 Å². The van der Waals surface area contributed by atoms with Gasteiger partial charge in [-0.2, -0.15) is 4.31 Å². The Balaban J connectivity index is 1.61. The number of carbonyl (C=O) groups is 1. The Morgan fingerprint density at radius 3 is 2.29 bits per heavy atom. The SMILES string of the molecule is COC(=O)c1cccc(CN2CCN(S(=O)(=O)c3ccc(OC)cc3)CC2)c1. The van der Waals surface area contributed by atoms with Crippen LogP contribution in [0, 0.1) is 0 Å². The van der Waals surface area contributed by atoms with Crippen molar-refractivity contribution in [2.24, 2.45) is 0 Å². The Bertz CT molecular complexity index is 920. The fourth-order valence-electron chi connectivity index (χ4n) is 3.20. The third-order valence-electron chi connectivity index (χ3n) is 4.78. The topological polar surface area (TPSA) is 76.2 Å². The molecule has 0 unspecified atom stereocenters. The summed E-state index contributed by atoms with van der Waals surface area (Å²) in [4.78, 5) is 14.1. The van der Waals surface area contributed by atoms with Gasteiger partial charge in [0.1, 0.15) is 5.75 Å². The van der Waals surface area contributed by atoms with Crippen LogP contribution in [0.25, 0.3) is 0 Å². The molecule has 1 aliphatic rings. The molecular weight excluding hydrogens is 380 g/mol. The van der Waals surface area contributed by atoms with E-state index in [-0.39, 0.29) is 10.9 Å². The number of esters is 1. The lowest BCUT2D eigenvalue weighted by molar-refractivity contribution is 0.0600. The van der Waals surface area contributed by atoms with Crippen LogP contribution in [0.15, 0.2) is 53.4 Å². The number of rotatable bonds is 6. The summed E-state index contributed by atoms with van der Waals surface area (Å²) in [6.45, 7) is 2.74. The second kappa shape index (κ2) is 8.72. The van der Waals surface area contributed by atoms with Crippen molar-refractivity contribution in [3.63, 3.8) is 0 Å². The number of hydrogen-bond donors (Lipinski definition) is 0. The average molecular weight is 404 g/mol. The summed E-state index contributed by atoms with van der Waals surface area (Å²) >= 11 is 0. The summed E-state index contributed by atoms with van der Waals surface area (Å²) in [7, 11) is -0.611. The number of carbonyl (C=O) groups excluding carboxylic acids is 1. The van der Waals surface area contributed by atoms with Crippen LogP contribution in [0.3, 0.4) is 0 Å². The molecule has 150 valence electrons. The zero-order valence-electron chi connectivity index (χ0n) is 16.0. The molecule has 0 N–H and O–H groups in total. The van der Waals surface area contributed by atoms with Gasteiger partial charge in [-0.1, -0.05) is 12.1 Å². The normalized spacial score (nSPS) is 15.9. The second-order valence-electron chi connectivity index (χ2n) is 6.55. The minimum atomic E-state index is -3.51. The van der Waals surface area contributed by atoms with Crippen molar-refractivity contribution in [3.8, 4) is 5.75 Å². The van der Waals surface area contributed by atoms with E-state index in [4.69, 9.17) is 9.47 Å². The molecule has 1 fully saturated rings. The quantitative estimate of drug-likeness (QED) is 0.686. The van der Waals surface area contributed by atoms with Gasteiger partial charge in [0.25, 0.3) is 0 Å². The Labute approximate surface area is 165 Å². The van der Waals surface area contributed by atoms with E-state index in [0.717, 1.165) is 5.56 Å². The third-order valence-corrected chi connectivity index (χ3v) is 6.70. The van der Waals surface area contributed by atoms with Crippen LogP contribution in [-0.2, 0) is 21.3 Å². The molecule has 0 aromatic heterocycles. The Hall–Kier alpha value is -2.42. The first-order valence-electron chi connectivity index (χ1n) is 8.98. The Kier molecular flexibility index (Phi) is 6.33. The molecular formula is C20H24N2O5S. The lowest BCUT2D eigenvalue weighted by Gasteiger charge is -2.34. The first kappa shape index (κ1) is 20.3. The first-order valence-corrected chi connectivity index (χ1v) is 10.4. The van der Waals surface area contributed by atoms with Gasteiger partial charge >= 0.3 is 5.97 Å². The highest BCUT2D eigenvalue weighted by Gasteiger charge is 2.28. The maximum absolute atomic E-state index is 12.8. The summed E-state index contributed by atoms with van der Waals surface area (Å²) in [5.41, 5.74) is 1.51. The number of hydrogen-bond acceptors (Lipinski definition) is 6. The highest BCUT2D eigenvalue weighted by molar-refractivity contribution is 7.89. The molecule has 0 atom stereocenters. The van der Waals surface area contributed by atoms with Gasteiger partial charge in [0, 0.05) is 32.7 Å². The smallest absolute Gasteiger partial charge is 0.337 e. The zero-order chi connectivity index (χ0) is 20.1. The average Bonchev–Trinajstić information content (AvgIpc) is 2.73. The standard InChI is InChI=1S/C20H24N2O5S/c1-26-18-6-8-19(9-7-18)28(24,25)22-12-10-21(11-13-22)15-16-4-3-5-17(14-16)20(23)27-2/h3-9,14H,10-13,15H2,1-2H3. The van der Waals surface area contributed by atoms with Crippen molar-refractivity contribution in [1.29, 1.82) is 0 Å². The predicted octanol–water partition coefficient (Wildman–Crippen LogP) is 1.99. The zero-order valence-corrected chi connectivity index (χ0v) is 16.8. The minimum absolute atomic E-state index is 0.271. The van der Waals surface area contributed by atoms with Crippen LogP contribution >= 0.6 is 0 Å². The van der Waals surface area contributed by atoms with Gasteiger partial charge in [0.2, 0.25) is 10.0 Å². The minimum Gasteiger partial charge on any atom is -0.497 e. The molecule has 0 radical (unpaired) electrons. The molecule has 1 aliphatic heterocycles. The number of sulfonamides is 1. The first-order chi connectivity index (χ1) is 13.4. The van der Waals surface area contributed by atoms with Gasteiger partial charge in [0.05, 0.1) is 24.7 Å². The maximum atomic E-state index is 12.8. The van der Waals surface area contributed by atoms with Gasteiger partial charge in [-0.3, -0.25) is 4.90 Å². The number of methoxy groups -OCH3 is 2. The van der Waals surface area contributed by atoms with Gasteiger partial charge in [0.15, 0.2) is 0 Å².